The summed E-state index contributed by atoms with van der Waals surface area (Å²) in [7, 11) is 1.63. The number of hydrogen-bond acceptors (Lipinski definition) is 5. The fourth-order valence-electron chi connectivity index (χ4n) is 2.97. The average molecular weight is 392 g/mol. The average Bonchev–Trinajstić information content (AvgIpc) is 3.29. The van der Waals surface area contributed by atoms with Gasteiger partial charge in [0.15, 0.2) is 0 Å². The summed E-state index contributed by atoms with van der Waals surface area (Å²) in [6, 6.07) is 16.9. The fraction of sp³-hybridized carbons (Fsp3) is 0.304. The third kappa shape index (κ3) is 6.09. The maximum atomic E-state index is 12.2. The third-order valence-corrected chi connectivity index (χ3v) is 4.64. The first kappa shape index (κ1) is 20.4. The molecule has 0 aliphatic carbocycles. The lowest BCUT2D eigenvalue weighted by Crippen LogP contribution is -2.32. The highest BCUT2D eigenvalue weighted by atomic mass is 16.5. The first-order valence-electron chi connectivity index (χ1n) is 9.55. The number of nitrogens with one attached hydrogen (secondary N) is 1. The molecular weight excluding hydrogens is 368 g/mol. The molecular formula is C23H24N2O4. The van der Waals surface area contributed by atoms with Gasteiger partial charge in [-0.25, -0.2) is 0 Å². The number of benzene rings is 2. The van der Waals surface area contributed by atoms with Crippen LogP contribution in [-0.4, -0.2) is 32.3 Å². The van der Waals surface area contributed by atoms with Crippen molar-refractivity contribution >= 4 is 12.0 Å². The van der Waals surface area contributed by atoms with Crippen molar-refractivity contribution in [3.63, 3.8) is 0 Å². The topological polar surface area (TPSA) is 80.6 Å². The molecule has 2 aromatic rings. The van der Waals surface area contributed by atoms with Crippen LogP contribution in [-0.2, 0) is 16.1 Å². The molecule has 0 radical (unpaired) electrons. The van der Waals surface area contributed by atoms with Crippen LogP contribution in [0.4, 0.5) is 0 Å². The molecule has 1 heterocycles. The largest absolute Gasteiger partial charge is 0.497 e. The van der Waals surface area contributed by atoms with E-state index in [1.165, 1.54) is 0 Å². The first-order chi connectivity index (χ1) is 14.2. The Bertz CT molecular complexity index is 877. The Balaban J connectivity index is 1.54. The number of nitriles is 1. The molecule has 1 fully saturated rings. The van der Waals surface area contributed by atoms with Crippen molar-refractivity contribution in [2.24, 2.45) is 0 Å². The van der Waals surface area contributed by atoms with E-state index in [1.807, 2.05) is 54.6 Å². The summed E-state index contributed by atoms with van der Waals surface area (Å²) >= 11 is 0. The van der Waals surface area contributed by atoms with Crippen LogP contribution in [0.25, 0.3) is 6.08 Å². The standard InChI is InChI=1S/C23H24N2O4/c1-27-20-8-6-18(7-9-20)16-29-21-10-4-17(5-11-21)13-19(14-24)23(26)25-15-22-3-2-12-28-22/h4-11,13,22H,2-3,12,15-16H2,1H3,(H,25,26)/b19-13+/t22-/m1/s1. The van der Waals surface area contributed by atoms with Gasteiger partial charge >= 0.3 is 0 Å². The zero-order valence-electron chi connectivity index (χ0n) is 16.4. The van der Waals surface area contributed by atoms with E-state index in [2.05, 4.69) is 5.32 Å². The maximum absolute atomic E-state index is 12.2. The highest BCUT2D eigenvalue weighted by Crippen LogP contribution is 2.18. The number of hydrogen-bond donors (Lipinski definition) is 1. The Kier molecular flexibility index (Phi) is 7.26. The van der Waals surface area contributed by atoms with Gasteiger partial charge in [-0.15, -0.1) is 0 Å². The Labute approximate surface area is 170 Å². The van der Waals surface area contributed by atoms with Crippen molar-refractivity contribution in [3.05, 3.63) is 65.2 Å². The van der Waals surface area contributed by atoms with E-state index in [0.29, 0.717) is 18.9 Å². The number of nitrogens with zero attached hydrogens (tertiary/aromatic N) is 1. The zero-order valence-corrected chi connectivity index (χ0v) is 16.4. The summed E-state index contributed by atoms with van der Waals surface area (Å²) in [6.07, 6.45) is 3.55. The molecule has 1 aliphatic rings. The molecule has 2 aromatic carbocycles. The van der Waals surface area contributed by atoms with Crippen LogP contribution in [0.1, 0.15) is 24.0 Å². The van der Waals surface area contributed by atoms with E-state index in [0.717, 1.165) is 36.3 Å². The van der Waals surface area contributed by atoms with Gasteiger partial charge in [-0.05, 0) is 54.3 Å². The molecule has 1 aliphatic heterocycles. The Morgan fingerprint density at radius 2 is 1.93 bits per heavy atom. The SMILES string of the molecule is COc1ccc(COc2ccc(/C=C(\C#N)C(=O)NC[C@H]3CCCO3)cc2)cc1. The van der Waals surface area contributed by atoms with E-state index < -0.39 is 0 Å². The molecule has 1 amide bonds. The van der Waals surface area contributed by atoms with E-state index in [1.54, 1.807) is 13.2 Å². The Morgan fingerprint density at radius 3 is 2.55 bits per heavy atom. The molecule has 150 valence electrons. The minimum Gasteiger partial charge on any atom is -0.497 e. The highest BCUT2D eigenvalue weighted by molar-refractivity contribution is 6.01. The second-order valence-corrected chi connectivity index (χ2v) is 6.72. The Morgan fingerprint density at radius 1 is 1.21 bits per heavy atom. The fourth-order valence-corrected chi connectivity index (χ4v) is 2.97. The van der Waals surface area contributed by atoms with E-state index in [9.17, 15) is 10.1 Å². The summed E-state index contributed by atoms with van der Waals surface area (Å²) in [4.78, 5) is 12.2. The van der Waals surface area contributed by atoms with Crippen LogP contribution >= 0.6 is 0 Å². The first-order valence-corrected chi connectivity index (χ1v) is 9.55. The predicted molar refractivity (Wildman–Crippen MR) is 109 cm³/mol. The molecule has 0 spiro atoms. The van der Waals surface area contributed by atoms with Gasteiger partial charge in [0, 0.05) is 13.2 Å². The zero-order chi connectivity index (χ0) is 20.5. The highest BCUT2D eigenvalue weighted by Gasteiger charge is 2.17. The smallest absolute Gasteiger partial charge is 0.262 e. The summed E-state index contributed by atoms with van der Waals surface area (Å²) in [5.41, 5.74) is 1.85. The van der Waals surface area contributed by atoms with Crippen molar-refractivity contribution in [1.29, 1.82) is 5.26 Å². The van der Waals surface area contributed by atoms with Gasteiger partial charge in [-0.2, -0.15) is 5.26 Å². The van der Waals surface area contributed by atoms with Crippen LogP contribution in [0, 0.1) is 11.3 Å². The summed E-state index contributed by atoms with van der Waals surface area (Å²) in [5.74, 6) is 1.13. The summed E-state index contributed by atoms with van der Waals surface area (Å²) in [5, 5.41) is 12.1. The molecule has 1 saturated heterocycles. The molecule has 0 bridgehead atoms. The van der Waals surface area contributed by atoms with Crippen molar-refractivity contribution < 1.29 is 19.0 Å². The van der Waals surface area contributed by atoms with E-state index >= 15 is 0 Å². The maximum Gasteiger partial charge on any atom is 0.262 e. The summed E-state index contributed by atoms with van der Waals surface area (Å²) < 4.78 is 16.4. The number of carbonyl (C=O) groups excluding carboxylic acids is 1. The number of ether oxygens (including phenoxy) is 3. The van der Waals surface area contributed by atoms with Gasteiger partial charge in [-0.3, -0.25) is 4.79 Å². The van der Waals surface area contributed by atoms with Crippen LogP contribution in [0.15, 0.2) is 54.1 Å². The lowest BCUT2D eigenvalue weighted by molar-refractivity contribution is -0.117. The van der Waals surface area contributed by atoms with Gasteiger partial charge < -0.3 is 19.5 Å². The molecule has 0 aromatic heterocycles. The monoisotopic (exact) mass is 392 g/mol. The van der Waals surface area contributed by atoms with Crippen molar-refractivity contribution in [1.82, 2.24) is 5.32 Å². The predicted octanol–water partition coefficient (Wildman–Crippen LogP) is 3.48. The van der Waals surface area contributed by atoms with Gasteiger partial charge in [0.25, 0.3) is 5.91 Å². The minimum absolute atomic E-state index is 0.0426. The van der Waals surface area contributed by atoms with Crippen LogP contribution in [0.5, 0.6) is 11.5 Å². The molecule has 6 heteroatoms. The molecule has 29 heavy (non-hydrogen) atoms. The lowest BCUT2D eigenvalue weighted by atomic mass is 10.1. The molecule has 3 rings (SSSR count). The van der Waals surface area contributed by atoms with Crippen molar-refractivity contribution in [3.8, 4) is 17.6 Å². The number of methoxy groups -OCH3 is 1. The molecule has 0 saturated carbocycles. The number of rotatable bonds is 8. The van der Waals surface area contributed by atoms with Crippen LogP contribution in [0.2, 0.25) is 0 Å². The molecule has 0 unspecified atom stereocenters. The van der Waals surface area contributed by atoms with E-state index in [-0.39, 0.29) is 17.6 Å². The van der Waals surface area contributed by atoms with Crippen LogP contribution < -0.4 is 14.8 Å². The van der Waals surface area contributed by atoms with Gasteiger partial charge in [0.1, 0.15) is 29.7 Å². The lowest BCUT2D eigenvalue weighted by Gasteiger charge is -2.10. The van der Waals surface area contributed by atoms with Gasteiger partial charge in [-0.1, -0.05) is 24.3 Å². The quantitative estimate of drug-likeness (QED) is 0.550. The second kappa shape index (κ2) is 10.3. The van der Waals surface area contributed by atoms with Gasteiger partial charge in [0.05, 0.1) is 13.2 Å². The van der Waals surface area contributed by atoms with E-state index in [4.69, 9.17) is 14.2 Å². The number of amides is 1. The Hall–Kier alpha value is -3.30. The molecule has 6 nitrogen and oxygen atoms in total. The normalized spacial score (nSPS) is 16.1. The molecule has 1 N–H and O–H groups in total. The van der Waals surface area contributed by atoms with Crippen molar-refractivity contribution in [2.45, 2.75) is 25.6 Å². The second-order valence-electron chi connectivity index (χ2n) is 6.72. The molecule has 1 atom stereocenters. The van der Waals surface area contributed by atoms with Crippen LogP contribution in [0.3, 0.4) is 0 Å². The van der Waals surface area contributed by atoms with Gasteiger partial charge in [0.2, 0.25) is 0 Å². The van der Waals surface area contributed by atoms with Crippen molar-refractivity contribution in [2.75, 3.05) is 20.3 Å². The minimum atomic E-state index is -0.386. The summed E-state index contributed by atoms with van der Waals surface area (Å²) in [6.45, 7) is 1.60. The third-order valence-electron chi connectivity index (χ3n) is 4.64. The number of carbonyl (C=O) groups is 1.